The molecule has 0 radical (unpaired) electrons. The topological polar surface area (TPSA) is 108 Å². The SMILES string of the molecule is Cc1cc(C(C(=O)NC(C)(C)C)N(C(=O)C(NC(=O)OC(C)(C)C)C(C)C)C2CC2)ccc1O. The van der Waals surface area contributed by atoms with Crippen LogP contribution in [-0.2, 0) is 14.3 Å². The molecule has 34 heavy (non-hydrogen) atoms. The molecule has 190 valence electrons. The van der Waals surface area contributed by atoms with Crippen LogP contribution in [0.4, 0.5) is 4.79 Å². The van der Waals surface area contributed by atoms with E-state index < -0.39 is 29.3 Å². The van der Waals surface area contributed by atoms with Gasteiger partial charge >= 0.3 is 6.09 Å². The fourth-order valence-electron chi connectivity index (χ4n) is 3.70. The largest absolute Gasteiger partial charge is 0.508 e. The number of aryl methyl sites for hydroxylation is 1. The van der Waals surface area contributed by atoms with Crippen molar-refractivity contribution in [2.24, 2.45) is 5.92 Å². The number of phenolic OH excluding ortho intramolecular Hbond substituents is 1. The molecule has 0 aliphatic heterocycles. The molecule has 1 aromatic rings. The molecule has 2 rings (SSSR count). The Kier molecular flexibility index (Phi) is 8.27. The number of benzene rings is 1. The van der Waals surface area contributed by atoms with E-state index in [0.29, 0.717) is 11.1 Å². The Bertz CT molecular complexity index is 910. The first kappa shape index (κ1) is 27.5. The Hall–Kier alpha value is -2.77. The second-order valence-corrected chi connectivity index (χ2v) is 11.5. The first-order valence-electron chi connectivity index (χ1n) is 11.9. The van der Waals surface area contributed by atoms with E-state index in [1.807, 2.05) is 34.6 Å². The molecule has 2 atom stereocenters. The van der Waals surface area contributed by atoms with Crippen LogP contribution < -0.4 is 10.6 Å². The quantitative estimate of drug-likeness (QED) is 0.548. The number of nitrogens with one attached hydrogen (secondary N) is 2. The number of ether oxygens (including phenoxy) is 1. The monoisotopic (exact) mass is 475 g/mol. The summed E-state index contributed by atoms with van der Waals surface area (Å²) < 4.78 is 5.38. The smallest absolute Gasteiger partial charge is 0.408 e. The van der Waals surface area contributed by atoms with Gasteiger partial charge in [0.25, 0.3) is 0 Å². The number of carbonyl (C=O) groups excluding carboxylic acids is 3. The number of carbonyl (C=O) groups is 3. The highest BCUT2D eigenvalue weighted by Crippen LogP contribution is 2.37. The van der Waals surface area contributed by atoms with Crippen LogP contribution >= 0.6 is 0 Å². The van der Waals surface area contributed by atoms with Gasteiger partial charge < -0.3 is 25.4 Å². The minimum Gasteiger partial charge on any atom is -0.508 e. The Balaban J connectivity index is 2.48. The molecule has 0 saturated heterocycles. The Morgan fingerprint density at radius 1 is 1.09 bits per heavy atom. The summed E-state index contributed by atoms with van der Waals surface area (Å²) in [6.07, 6.45) is 0.880. The number of rotatable bonds is 7. The third kappa shape index (κ3) is 7.64. The minimum absolute atomic E-state index is 0.112. The van der Waals surface area contributed by atoms with E-state index in [-0.39, 0.29) is 29.5 Å². The minimum atomic E-state index is -0.903. The molecular weight excluding hydrogens is 434 g/mol. The van der Waals surface area contributed by atoms with Gasteiger partial charge in [-0.2, -0.15) is 0 Å². The fraction of sp³-hybridized carbons (Fsp3) is 0.654. The van der Waals surface area contributed by atoms with Crippen LogP contribution in [0.2, 0.25) is 0 Å². The van der Waals surface area contributed by atoms with Crippen LogP contribution in [0.25, 0.3) is 0 Å². The fourth-order valence-corrected chi connectivity index (χ4v) is 3.70. The van der Waals surface area contributed by atoms with Gasteiger partial charge in [-0.1, -0.05) is 19.9 Å². The molecule has 0 aromatic heterocycles. The van der Waals surface area contributed by atoms with Crippen molar-refractivity contribution in [1.29, 1.82) is 0 Å². The zero-order chi connectivity index (χ0) is 26.0. The van der Waals surface area contributed by atoms with Gasteiger partial charge in [0.05, 0.1) is 0 Å². The molecule has 3 N–H and O–H groups in total. The molecule has 1 fully saturated rings. The maximum atomic E-state index is 13.9. The summed E-state index contributed by atoms with van der Waals surface area (Å²) in [6, 6.07) is 3.06. The predicted octanol–water partition coefficient (Wildman–Crippen LogP) is 4.20. The molecule has 0 spiro atoms. The number of hydrogen-bond donors (Lipinski definition) is 3. The van der Waals surface area contributed by atoms with Crippen molar-refractivity contribution in [1.82, 2.24) is 15.5 Å². The number of alkyl carbamates (subject to hydrolysis) is 1. The molecule has 0 bridgehead atoms. The number of hydrogen-bond acceptors (Lipinski definition) is 5. The van der Waals surface area contributed by atoms with Gasteiger partial charge in [0.2, 0.25) is 11.8 Å². The van der Waals surface area contributed by atoms with Crippen molar-refractivity contribution in [3.63, 3.8) is 0 Å². The standard InChI is InChI=1S/C26H41N3O5/c1-15(2)20(27-24(33)34-26(7,8)9)23(32)29(18-11-12-18)21(22(31)28-25(4,5)6)17-10-13-19(30)16(3)14-17/h10,13-15,18,20-21,30H,11-12H2,1-9H3,(H,27,33)(H,28,31). The van der Waals surface area contributed by atoms with Gasteiger partial charge in [0.1, 0.15) is 23.4 Å². The van der Waals surface area contributed by atoms with Gasteiger partial charge in [-0.15, -0.1) is 0 Å². The van der Waals surface area contributed by atoms with Crippen LogP contribution in [0.5, 0.6) is 5.75 Å². The number of amides is 3. The Morgan fingerprint density at radius 3 is 2.12 bits per heavy atom. The van der Waals surface area contributed by atoms with Crippen LogP contribution in [0, 0.1) is 12.8 Å². The molecule has 8 nitrogen and oxygen atoms in total. The normalized spacial score (nSPS) is 15.9. The van der Waals surface area contributed by atoms with E-state index in [2.05, 4.69) is 10.6 Å². The molecule has 1 aliphatic carbocycles. The van der Waals surface area contributed by atoms with E-state index >= 15 is 0 Å². The molecule has 1 aromatic carbocycles. The second-order valence-electron chi connectivity index (χ2n) is 11.5. The Morgan fingerprint density at radius 2 is 1.68 bits per heavy atom. The lowest BCUT2D eigenvalue weighted by Crippen LogP contribution is -2.56. The first-order chi connectivity index (χ1) is 15.5. The van der Waals surface area contributed by atoms with Gasteiger partial charge in [-0.05, 0) is 90.5 Å². The van der Waals surface area contributed by atoms with Crippen LogP contribution in [0.1, 0.15) is 85.4 Å². The van der Waals surface area contributed by atoms with E-state index in [1.165, 1.54) is 6.07 Å². The molecule has 1 saturated carbocycles. The molecular formula is C26H41N3O5. The molecule has 2 unspecified atom stereocenters. The first-order valence-corrected chi connectivity index (χ1v) is 11.9. The van der Waals surface area contributed by atoms with E-state index in [0.717, 1.165) is 12.8 Å². The number of nitrogens with zero attached hydrogens (tertiary/aromatic N) is 1. The number of aromatic hydroxyl groups is 1. The van der Waals surface area contributed by atoms with Gasteiger partial charge in [-0.3, -0.25) is 9.59 Å². The van der Waals surface area contributed by atoms with Crippen molar-refractivity contribution >= 4 is 17.9 Å². The van der Waals surface area contributed by atoms with Crippen LogP contribution in [0.3, 0.4) is 0 Å². The second kappa shape index (κ2) is 10.2. The van der Waals surface area contributed by atoms with Gasteiger partial charge in [0.15, 0.2) is 0 Å². The summed E-state index contributed by atoms with van der Waals surface area (Å²) in [5, 5.41) is 15.8. The summed E-state index contributed by atoms with van der Waals surface area (Å²) in [5.74, 6) is -0.746. The lowest BCUT2D eigenvalue weighted by atomic mass is 9.96. The van der Waals surface area contributed by atoms with E-state index in [4.69, 9.17) is 4.74 Å². The highest BCUT2D eigenvalue weighted by atomic mass is 16.6. The van der Waals surface area contributed by atoms with Crippen LogP contribution in [-0.4, -0.2) is 51.1 Å². The van der Waals surface area contributed by atoms with E-state index in [1.54, 1.807) is 44.7 Å². The molecule has 0 heterocycles. The van der Waals surface area contributed by atoms with Crippen molar-refractivity contribution in [2.75, 3.05) is 0 Å². The third-order valence-electron chi connectivity index (χ3n) is 5.36. The summed E-state index contributed by atoms with van der Waals surface area (Å²) >= 11 is 0. The third-order valence-corrected chi connectivity index (χ3v) is 5.36. The zero-order valence-corrected chi connectivity index (χ0v) is 22.0. The van der Waals surface area contributed by atoms with E-state index in [9.17, 15) is 19.5 Å². The number of phenols is 1. The van der Waals surface area contributed by atoms with Gasteiger partial charge in [-0.25, -0.2) is 4.79 Å². The molecule has 3 amide bonds. The molecule has 1 aliphatic rings. The van der Waals surface area contributed by atoms with Crippen LogP contribution in [0.15, 0.2) is 18.2 Å². The lowest BCUT2D eigenvalue weighted by Gasteiger charge is -2.37. The maximum absolute atomic E-state index is 13.9. The Labute approximate surface area is 203 Å². The summed E-state index contributed by atoms with van der Waals surface area (Å²) in [7, 11) is 0. The highest BCUT2D eigenvalue weighted by Gasteiger charge is 2.45. The molecule has 8 heteroatoms. The summed E-state index contributed by atoms with van der Waals surface area (Å²) in [6.45, 7) is 16.4. The predicted molar refractivity (Wildman–Crippen MR) is 131 cm³/mol. The zero-order valence-electron chi connectivity index (χ0n) is 22.0. The maximum Gasteiger partial charge on any atom is 0.408 e. The average Bonchev–Trinajstić information content (AvgIpc) is 3.47. The summed E-state index contributed by atoms with van der Waals surface area (Å²) in [4.78, 5) is 41.6. The van der Waals surface area contributed by atoms with Gasteiger partial charge in [0, 0.05) is 11.6 Å². The van der Waals surface area contributed by atoms with Crippen molar-refractivity contribution in [3.05, 3.63) is 29.3 Å². The van der Waals surface area contributed by atoms with Crippen molar-refractivity contribution in [3.8, 4) is 5.75 Å². The highest BCUT2D eigenvalue weighted by molar-refractivity contribution is 5.93. The average molecular weight is 476 g/mol. The van der Waals surface area contributed by atoms with Crippen molar-refractivity contribution < 1.29 is 24.2 Å². The summed E-state index contributed by atoms with van der Waals surface area (Å²) in [5.41, 5.74) is 0.00796. The lowest BCUT2D eigenvalue weighted by molar-refractivity contribution is -0.144. The van der Waals surface area contributed by atoms with Crippen molar-refractivity contribution in [2.45, 2.75) is 104 Å².